The highest BCUT2D eigenvalue weighted by atomic mass is 19.1. The molecule has 0 unspecified atom stereocenters. The van der Waals surface area contributed by atoms with Gasteiger partial charge in [-0.15, -0.1) is 0 Å². The van der Waals surface area contributed by atoms with Gasteiger partial charge < -0.3 is 37.4 Å². The zero-order valence-corrected chi connectivity index (χ0v) is 26.6. The topological polar surface area (TPSA) is 287 Å². The van der Waals surface area contributed by atoms with Crippen LogP contribution in [-0.2, 0) is 35.2 Å². The summed E-state index contributed by atoms with van der Waals surface area (Å²) < 4.78 is 14.5. The molecule has 0 radical (unpaired) electrons. The number of hydrogen-bond acceptors (Lipinski definition) is 9. The SMILES string of the molecule is CCCNC(=O)[C@](C)(Cc1ccccc1F)NC(=O)[C@@H](NC(=O)CNC(=O)[C@H](C/C(NN)=[NH+]/N)NC(=O)C(C)(C)C(N)=O)[C@@H](C)O. The average Bonchev–Trinajstić information content (AvgIpc) is 2.99. The second kappa shape index (κ2) is 17.6. The Hall–Kier alpha value is -4.84. The molecule has 0 saturated carbocycles. The third-order valence-corrected chi connectivity index (χ3v) is 7.00. The van der Waals surface area contributed by atoms with Gasteiger partial charge in [-0.2, -0.15) is 10.9 Å². The number of carbonyl (C=O) groups excluding carboxylic acids is 6. The van der Waals surface area contributed by atoms with Gasteiger partial charge in [-0.1, -0.05) is 25.1 Å². The minimum Gasteiger partial charge on any atom is -0.391 e. The number of nitrogens with one attached hydrogen (secondary N) is 7. The zero-order chi connectivity index (χ0) is 35.2. The Morgan fingerprint density at radius 3 is 2.15 bits per heavy atom. The van der Waals surface area contributed by atoms with Gasteiger partial charge in [0.05, 0.1) is 19.1 Å². The summed E-state index contributed by atoms with van der Waals surface area (Å²) in [5.74, 6) is 4.85. The van der Waals surface area contributed by atoms with E-state index in [2.05, 4.69) is 37.1 Å². The molecule has 256 valence electrons. The van der Waals surface area contributed by atoms with E-state index < -0.39 is 76.9 Å². The first kappa shape index (κ1) is 39.2. The fourth-order valence-corrected chi connectivity index (χ4v) is 3.93. The summed E-state index contributed by atoms with van der Waals surface area (Å²) in [6.07, 6.45) is -1.44. The van der Waals surface area contributed by atoms with Crippen LogP contribution in [0.3, 0.4) is 0 Å². The van der Waals surface area contributed by atoms with E-state index >= 15 is 0 Å². The largest absolute Gasteiger partial charge is 0.391 e. The van der Waals surface area contributed by atoms with E-state index in [1.165, 1.54) is 45.9 Å². The molecule has 6 amide bonds. The molecule has 18 heteroatoms. The molecule has 17 nitrogen and oxygen atoms in total. The predicted octanol–water partition coefficient (Wildman–Crippen LogP) is -5.05. The first-order valence-electron chi connectivity index (χ1n) is 14.4. The second-order valence-electron chi connectivity index (χ2n) is 11.3. The Morgan fingerprint density at radius 1 is 1.00 bits per heavy atom. The maximum Gasteiger partial charge on any atom is 0.285 e. The van der Waals surface area contributed by atoms with Crippen LogP contribution in [0.1, 0.15) is 53.0 Å². The molecule has 0 aliphatic rings. The number of amides is 6. The molecular weight excluding hydrogens is 607 g/mol. The van der Waals surface area contributed by atoms with Crippen molar-refractivity contribution >= 4 is 41.3 Å². The Labute approximate surface area is 266 Å². The summed E-state index contributed by atoms with van der Waals surface area (Å²) >= 11 is 0. The number of benzene rings is 1. The molecule has 0 aromatic heterocycles. The second-order valence-corrected chi connectivity index (χ2v) is 11.3. The zero-order valence-electron chi connectivity index (χ0n) is 26.6. The standard InChI is InChI=1S/C28H45FN10O7/c1-6-11-33-26(46)28(5,13-16-9-7-8-10-17(16)29)37-23(43)21(15(2)40)36-20(41)14-34-22(42)18(12-19(38-31)39-32)35-25(45)27(3,4)24(30)44/h7-10,15,18,21,40H,6,11-14,31-32H2,1-5H3,(H2,30,44)(H,33,46)(H,34,42)(H,35,45)(H,36,41)(H,37,43)(H,38,39)/p+1/t15-,18+,21+,28+/m1/s1. The van der Waals surface area contributed by atoms with Crippen LogP contribution in [0.15, 0.2) is 24.3 Å². The molecule has 0 fully saturated rings. The molecule has 4 atom stereocenters. The first-order valence-corrected chi connectivity index (χ1v) is 14.4. The third-order valence-electron chi connectivity index (χ3n) is 7.00. The lowest BCUT2D eigenvalue weighted by Gasteiger charge is -2.32. The molecule has 1 aromatic carbocycles. The van der Waals surface area contributed by atoms with E-state index in [1.807, 2.05) is 6.92 Å². The maximum absolute atomic E-state index is 14.5. The van der Waals surface area contributed by atoms with Gasteiger partial charge in [-0.3, -0.25) is 34.6 Å². The van der Waals surface area contributed by atoms with E-state index in [0.717, 1.165) is 0 Å². The number of primary amides is 1. The van der Waals surface area contributed by atoms with Crippen molar-refractivity contribution in [1.29, 1.82) is 0 Å². The Balaban J connectivity index is 3.10. The van der Waals surface area contributed by atoms with Crippen molar-refractivity contribution in [2.75, 3.05) is 13.1 Å². The summed E-state index contributed by atoms with van der Waals surface area (Å²) in [6.45, 7) is 6.47. The average molecular weight is 654 g/mol. The number of nitrogens with two attached hydrogens (primary N) is 3. The lowest BCUT2D eigenvalue weighted by molar-refractivity contribution is -0.473. The highest BCUT2D eigenvalue weighted by molar-refractivity contribution is 6.05. The van der Waals surface area contributed by atoms with Gasteiger partial charge in [0.1, 0.15) is 28.9 Å². The Bertz CT molecular complexity index is 1310. The number of carbonyl (C=O) groups is 6. The number of halogens is 1. The smallest absolute Gasteiger partial charge is 0.285 e. The molecule has 1 rings (SSSR count). The summed E-state index contributed by atoms with van der Waals surface area (Å²) in [7, 11) is 0. The van der Waals surface area contributed by atoms with Crippen molar-refractivity contribution in [3.63, 3.8) is 0 Å². The summed E-state index contributed by atoms with van der Waals surface area (Å²) in [6, 6.07) is 2.71. The monoisotopic (exact) mass is 653 g/mol. The van der Waals surface area contributed by atoms with Crippen LogP contribution >= 0.6 is 0 Å². The maximum atomic E-state index is 14.5. The van der Waals surface area contributed by atoms with Gasteiger partial charge in [0.2, 0.25) is 35.4 Å². The lowest BCUT2D eigenvalue weighted by Crippen LogP contribution is -2.84. The van der Waals surface area contributed by atoms with Crippen molar-refractivity contribution in [2.45, 2.75) is 77.6 Å². The highest BCUT2D eigenvalue weighted by Gasteiger charge is 2.40. The van der Waals surface area contributed by atoms with Crippen LogP contribution in [-0.4, -0.2) is 83.2 Å². The molecule has 0 heterocycles. The highest BCUT2D eigenvalue weighted by Crippen LogP contribution is 2.18. The van der Waals surface area contributed by atoms with Crippen LogP contribution in [0.25, 0.3) is 0 Å². The molecule has 0 bridgehead atoms. The molecule has 0 saturated heterocycles. The van der Waals surface area contributed by atoms with Gasteiger partial charge in [0.15, 0.2) is 0 Å². The molecular formula is C28H46FN10O7+. The fraction of sp³-hybridized carbons (Fsp3) is 0.536. The molecule has 0 aliphatic heterocycles. The fourth-order valence-electron chi connectivity index (χ4n) is 3.93. The molecule has 1 aromatic rings. The molecule has 0 aliphatic carbocycles. The molecule has 0 spiro atoms. The lowest BCUT2D eigenvalue weighted by atomic mass is 9.90. The van der Waals surface area contributed by atoms with Crippen LogP contribution in [0.2, 0.25) is 0 Å². The number of hydrazine groups is 2. The minimum atomic E-state index is -1.70. The normalized spacial score (nSPS) is 14.8. The quantitative estimate of drug-likeness (QED) is 0.0250. The van der Waals surface area contributed by atoms with Crippen molar-refractivity contribution < 1.29 is 43.4 Å². The van der Waals surface area contributed by atoms with Crippen LogP contribution in [0, 0.1) is 11.2 Å². The van der Waals surface area contributed by atoms with Crippen molar-refractivity contribution in [3.05, 3.63) is 35.6 Å². The number of aliphatic hydroxyl groups excluding tert-OH is 1. The Kier molecular flexibility index (Phi) is 15.0. The van der Waals surface area contributed by atoms with Crippen LogP contribution in [0.5, 0.6) is 0 Å². The third kappa shape index (κ3) is 11.3. The van der Waals surface area contributed by atoms with E-state index in [0.29, 0.717) is 6.42 Å². The number of aliphatic hydroxyl groups is 1. The summed E-state index contributed by atoms with van der Waals surface area (Å²) in [4.78, 5) is 76.6. The van der Waals surface area contributed by atoms with Gasteiger partial charge in [0.25, 0.3) is 5.84 Å². The summed E-state index contributed by atoms with van der Waals surface area (Å²) in [5.41, 5.74) is 4.24. The molecule has 46 heavy (non-hydrogen) atoms. The van der Waals surface area contributed by atoms with E-state index in [-0.39, 0.29) is 30.8 Å². The number of hydrazone groups is 1. The first-order chi connectivity index (χ1) is 21.4. The number of hydrogen-bond donors (Lipinski definition) is 11. The molecule has 14 N–H and O–H groups in total. The van der Waals surface area contributed by atoms with Crippen molar-refractivity contribution in [3.8, 4) is 0 Å². The van der Waals surface area contributed by atoms with Gasteiger partial charge in [0, 0.05) is 13.0 Å². The van der Waals surface area contributed by atoms with Gasteiger partial charge in [-0.05, 0) is 45.7 Å². The van der Waals surface area contributed by atoms with E-state index in [4.69, 9.17) is 17.4 Å². The van der Waals surface area contributed by atoms with Crippen LogP contribution < -0.4 is 54.5 Å². The van der Waals surface area contributed by atoms with E-state index in [1.54, 1.807) is 6.07 Å². The number of amidine groups is 1. The summed E-state index contributed by atoms with van der Waals surface area (Å²) in [5, 5.41) is 24.6. The van der Waals surface area contributed by atoms with Crippen molar-refractivity contribution in [1.82, 2.24) is 32.0 Å². The number of rotatable bonds is 17. The van der Waals surface area contributed by atoms with E-state index in [9.17, 15) is 38.3 Å². The van der Waals surface area contributed by atoms with Crippen LogP contribution in [0.4, 0.5) is 4.39 Å². The van der Waals surface area contributed by atoms with Gasteiger partial charge >= 0.3 is 0 Å². The minimum absolute atomic E-state index is 0.00836. The van der Waals surface area contributed by atoms with Gasteiger partial charge in [-0.25, -0.2) is 9.82 Å². The predicted molar refractivity (Wildman–Crippen MR) is 164 cm³/mol. The van der Waals surface area contributed by atoms with Crippen molar-refractivity contribution in [2.24, 2.45) is 22.8 Å². The Morgan fingerprint density at radius 2 is 1.63 bits per heavy atom.